The van der Waals surface area contributed by atoms with Gasteiger partial charge in [-0.05, 0) is 31.0 Å². The smallest absolute Gasteiger partial charge is 0.358 e. The largest absolute Gasteiger partial charge is 0.494 e. The van der Waals surface area contributed by atoms with Crippen LogP contribution in [-0.2, 0) is 0 Å². The summed E-state index contributed by atoms with van der Waals surface area (Å²) in [6.45, 7) is 3.78. The second kappa shape index (κ2) is 4.93. The highest BCUT2D eigenvalue weighted by Gasteiger charge is 2.19. The van der Waals surface area contributed by atoms with Crippen molar-refractivity contribution in [2.24, 2.45) is 0 Å². The van der Waals surface area contributed by atoms with Crippen LogP contribution in [0.1, 0.15) is 21.6 Å². The third kappa shape index (κ3) is 2.29. The fraction of sp³-hybridized carbons (Fsp3) is 0.231. The van der Waals surface area contributed by atoms with E-state index in [4.69, 9.17) is 26.0 Å². The van der Waals surface area contributed by atoms with Crippen LogP contribution >= 0.6 is 11.6 Å². The van der Waals surface area contributed by atoms with Crippen LogP contribution in [0.4, 0.5) is 0 Å². The van der Waals surface area contributed by atoms with Crippen LogP contribution < -0.4 is 4.74 Å². The molecule has 0 fully saturated rings. The number of ether oxygens (including phenoxy) is 1. The minimum Gasteiger partial charge on any atom is -0.494 e. The summed E-state index contributed by atoms with van der Waals surface area (Å²) in [6.07, 6.45) is 0. The number of hydrogen-bond acceptors (Lipinski definition) is 4. The first-order valence-corrected chi connectivity index (χ1v) is 5.87. The molecule has 1 heterocycles. The second-order valence-electron chi connectivity index (χ2n) is 4.09. The molecule has 0 amide bonds. The molecule has 100 valence electrons. The zero-order chi connectivity index (χ0) is 14.2. The van der Waals surface area contributed by atoms with Gasteiger partial charge in [-0.15, -0.1) is 0 Å². The van der Waals surface area contributed by atoms with E-state index in [0.717, 1.165) is 11.1 Å². The van der Waals surface area contributed by atoms with Gasteiger partial charge >= 0.3 is 5.97 Å². The first-order chi connectivity index (χ1) is 8.95. The molecular weight excluding hydrogens is 270 g/mol. The Morgan fingerprint density at radius 3 is 2.63 bits per heavy atom. The molecule has 5 nitrogen and oxygen atoms in total. The molecular formula is C13H12ClNO4. The molecule has 6 heteroatoms. The Bertz CT molecular complexity index is 648. The lowest BCUT2D eigenvalue weighted by atomic mass is 10.0. The zero-order valence-corrected chi connectivity index (χ0v) is 11.4. The number of aryl methyl sites for hydroxylation is 1. The van der Waals surface area contributed by atoms with E-state index in [0.29, 0.717) is 22.1 Å². The minimum atomic E-state index is -1.15. The van der Waals surface area contributed by atoms with E-state index in [-0.39, 0.29) is 5.69 Å². The molecule has 0 saturated heterocycles. The molecule has 0 aliphatic heterocycles. The highest BCUT2D eigenvalue weighted by Crippen LogP contribution is 2.40. The molecule has 0 unspecified atom stereocenters. The number of aromatic carboxylic acids is 1. The predicted octanol–water partition coefficient (Wildman–Crippen LogP) is 3.32. The number of rotatable bonds is 3. The Labute approximate surface area is 114 Å². The van der Waals surface area contributed by atoms with E-state index < -0.39 is 5.97 Å². The van der Waals surface area contributed by atoms with Crippen molar-refractivity contribution in [2.45, 2.75) is 13.8 Å². The highest BCUT2D eigenvalue weighted by molar-refractivity contribution is 6.33. The summed E-state index contributed by atoms with van der Waals surface area (Å²) in [4.78, 5) is 10.8. The molecule has 0 aliphatic rings. The molecule has 2 rings (SSSR count). The van der Waals surface area contributed by atoms with E-state index in [2.05, 4.69) is 5.16 Å². The van der Waals surface area contributed by atoms with Gasteiger partial charge < -0.3 is 14.4 Å². The third-order valence-electron chi connectivity index (χ3n) is 2.92. The SMILES string of the molecule is COc1c(-c2cc(C(=O)O)no2)cc(C)c(C)c1Cl. The maximum Gasteiger partial charge on any atom is 0.358 e. The molecule has 1 aromatic carbocycles. The first kappa shape index (κ1) is 13.4. The Morgan fingerprint density at radius 1 is 1.42 bits per heavy atom. The van der Waals surface area contributed by atoms with Crippen molar-refractivity contribution in [1.82, 2.24) is 5.16 Å². The number of halogens is 1. The number of carboxylic acid groups (broad SMARTS) is 1. The summed E-state index contributed by atoms with van der Waals surface area (Å²) in [5.74, 6) is -0.402. The zero-order valence-electron chi connectivity index (χ0n) is 10.7. The van der Waals surface area contributed by atoms with E-state index in [1.165, 1.54) is 13.2 Å². The summed E-state index contributed by atoms with van der Waals surface area (Å²) in [7, 11) is 1.49. The van der Waals surface area contributed by atoms with Crippen molar-refractivity contribution in [2.75, 3.05) is 7.11 Å². The van der Waals surface area contributed by atoms with Gasteiger partial charge in [0.1, 0.15) is 5.75 Å². The van der Waals surface area contributed by atoms with Crippen LogP contribution in [0.15, 0.2) is 16.7 Å². The second-order valence-corrected chi connectivity index (χ2v) is 4.47. The van der Waals surface area contributed by atoms with Gasteiger partial charge in [0.15, 0.2) is 11.5 Å². The summed E-state index contributed by atoms with van der Waals surface area (Å²) in [6, 6.07) is 3.16. The average molecular weight is 282 g/mol. The number of nitrogens with zero attached hydrogens (tertiary/aromatic N) is 1. The van der Waals surface area contributed by atoms with Crippen molar-refractivity contribution in [1.29, 1.82) is 0 Å². The van der Waals surface area contributed by atoms with Gasteiger partial charge in [0.2, 0.25) is 0 Å². The van der Waals surface area contributed by atoms with E-state index in [1.807, 2.05) is 19.9 Å². The lowest BCUT2D eigenvalue weighted by molar-refractivity contribution is 0.0686. The Hall–Kier alpha value is -2.01. The number of hydrogen-bond donors (Lipinski definition) is 1. The molecule has 0 saturated carbocycles. The summed E-state index contributed by atoms with van der Waals surface area (Å²) in [5, 5.41) is 12.8. The van der Waals surface area contributed by atoms with Gasteiger partial charge in [0.25, 0.3) is 0 Å². The normalized spacial score (nSPS) is 10.5. The molecule has 0 bridgehead atoms. The number of benzene rings is 1. The average Bonchev–Trinajstić information content (AvgIpc) is 2.85. The van der Waals surface area contributed by atoms with Crippen molar-refractivity contribution in [3.8, 4) is 17.1 Å². The fourth-order valence-corrected chi connectivity index (χ4v) is 2.07. The predicted molar refractivity (Wildman–Crippen MR) is 69.9 cm³/mol. The minimum absolute atomic E-state index is 0.161. The van der Waals surface area contributed by atoms with E-state index in [9.17, 15) is 4.79 Å². The fourth-order valence-electron chi connectivity index (χ4n) is 1.74. The molecule has 0 atom stereocenters. The van der Waals surface area contributed by atoms with Gasteiger partial charge in [-0.3, -0.25) is 0 Å². The molecule has 2 aromatic rings. The lowest BCUT2D eigenvalue weighted by Gasteiger charge is -2.12. The van der Waals surface area contributed by atoms with Crippen LogP contribution in [0, 0.1) is 13.8 Å². The monoisotopic (exact) mass is 281 g/mol. The maximum atomic E-state index is 10.8. The molecule has 19 heavy (non-hydrogen) atoms. The van der Waals surface area contributed by atoms with Gasteiger partial charge in [-0.2, -0.15) is 0 Å². The molecule has 0 spiro atoms. The third-order valence-corrected chi connectivity index (χ3v) is 3.38. The van der Waals surface area contributed by atoms with Crippen molar-refractivity contribution in [3.05, 3.63) is 34.0 Å². The van der Waals surface area contributed by atoms with Gasteiger partial charge in [-0.25, -0.2) is 4.79 Å². The summed E-state index contributed by atoms with van der Waals surface area (Å²) in [5.41, 5.74) is 2.27. The van der Waals surface area contributed by atoms with Crippen molar-refractivity contribution >= 4 is 17.6 Å². The molecule has 1 N–H and O–H groups in total. The van der Waals surface area contributed by atoms with Crippen LogP contribution in [-0.4, -0.2) is 23.3 Å². The Balaban J connectivity index is 2.63. The topological polar surface area (TPSA) is 72.6 Å². The van der Waals surface area contributed by atoms with Crippen molar-refractivity contribution in [3.63, 3.8) is 0 Å². The van der Waals surface area contributed by atoms with E-state index in [1.54, 1.807) is 0 Å². The maximum absolute atomic E-state index is 10.8. The van der Waals surface area contributed by atoms with E-state index >= 15 is 0 Å². The quantitative estimate of drug-likeness (QED) is 0.934. The van der Waals surface area contributed by atoms with Crippen LogP contribution in [0.5, 0.6) is 5.75 Å². The van der Waals surface area contributed by atoms with Gasteiger partial charge in [0, 0.05) is 6.07 Å². The first-order valence-electron chi connectivity index (χ1n) is 5.49. The molecule has 0 radical (unpaired) electrons. The van der Waals surface area contributed by atoms with Crippen LogP contribution in [0.3, 0.4) is 0 Å². The van der Waals surface area contributed by atoms with Gasteiger partial charge in [-0.1, -0.05) is 16.8 Å². The van der Waals surface area contributed by atoms with Crippen LogP contribution in [0.25, 0.3) is 11.3 Å². The summed E-state index contributed by atoms with van der Waals surface area (Å²) >= 11 is 6.22. The van der Waals surface area contributed by atoms with Crippen molar-refractivity contribution < 1.29 is 19.2 Å². The van der Waals surface area contributed by atoms with Crippen LogP contribution in [0.2, 0.25) is 5.02 Å². The summed E-state index contributed by atoms with van der Waals surface area (Å²) < 4.78 is 10.3. The number of carboxylic acids is 1. The number of aromatic nitrogens is 1. The number of carbonyl (C=O) groups is 1. The molecule has 1 aromatic heterocycles. The lowest BCUT2D eigenvalue weighted by Crippen LogP contribution is -1.95. The molecule has 0 aliphatic carbocycles. The number of methoxy groups -OCH3 is 1. The Morgan fingerprint density at radius 2 is 2.11 bits per heavy atom. The Kier molecular flexibility index (Phi) is 3.48. The highest BCUT2D eigenvalue weighted by atomic mass is 35.5. The standard InChI is InChI=1S/C13H12ClNO4/c1-6-4-8(12(18-3)11(14)7(6)2)10-5-9(13(16)17)15-19-10/h4-5H,1-3H3,(H,16,17). The van der Waals surface area contributed by atoms with Gasteiger partial charge in [0.05, 0.1) is 17.7 Å².